The van der Waals surface area contributed by atoms with Crippen LogP contribution in [0.5, 0.6) is 0 Å². The first-order chi connectivity index (χ1) is 15.5. The number of benzene rings is 2. The number of alkyl halides is 3. The number of nitrogens with one attached hydrogen (secondary N) is 1. The number of thioether (sulfide) groups is 1. The van der Waals surface area contributed by atoms with Crippen molar-refractivity contribution in [2.24, 2.45) is 0 Å². The number of imide groups is 1. The van der Waals surface area contributed by atoms with Gasteiger partial charge in [0.2, 0.25) is 5.91 Å². The van der Waals surface area contributed by atoms with Gasteiger partial charge in [-0.3, -0.25) is 19.3 Å². The lowest BCUT2D eigenvalue weighted by atomic mass is 10.1. The van der Waals surface area contributed by atoms with Gasteiger partial charge in [-0.05, 0) is 53.7 Å². The van der Waals surface area contributed by atoms with Crippen molar-refractivity contribution in [1.29, 1.82) is 0 Å². The number of rotatable bonds is 5. The van der Waals surface area contributed by atoms with Gasteiger partial charge in [0.25, 0.3) is 11.1 Å². The third-order valence-corrected chi connectivity index (χ3v) is 5.58. The fourth-order valence-electron chi connectivity index (χ4n) is 2.81. The Balaban J connectivity index is 1.72. The van der Waals surface area contributed by atoms with Gasteiger partial charge < -0.3 is 10.1 Å². The van der Waals surface area contributed by atoms with Crippen LogP contribution >= 0.6 is 23.4 Å². The number of carbonyl (C=O) groups excluding carboxylic acids is 4. The van der Waals surface area contributed by atoms with Crippen LogP contribution in [0.4, 0.5) is 23.7 Å². The number of anilines is 1. The molecule has 33 heavy (non-hydrogen) atoms. The highest BCUT2D eigenvalue weighted by Crippen LogP contribution is 2.34. The Morgan fingerprint density at radius 1 is 1.18 bits per heavy atom. The van der Waals surface area contributed by atoms with E-state index in [1.165, 1.54) is 30.3 Å². The smallest absolute Gasteiger partial charge is 0.416 e. The molecule has 0 saturated carbocycles. The van der Waals surface area contributed by atoms with Gasteiger partial charge in [0.1, 0.15) is 6.54 Å². The Morgan fingerprint density at radius 3 is 2.58 bits per heavy atom. The summed E-state index contributed by atoms with van der Waals surface area (Å²) >= 11 is 6.43. The molecule has 0 aromatic heterocycles. The molecule has 1 aliphatic heterocycles. The molecule has 1 saturated heterocycles. The number of carbonyl (C=O) groups is 4. The first-order valence-electron chi connectivity index (χ1n) is 9.10. The van der Waals surface area contributed by atoms with Crippen molar-refractivity contribution in [3.8, 4) is 0 Å². The summed E-state index contributed by atoms with van der Waals surface area (Å²) in [4.78, 5) is 49.4. The van der Waals surface area contributed by atoms with Gasteiger partial charge in [-0.2, -0.15) is 13.2 Å². The molecular weight excluding hydrogens is 485 g/mol. The maximum atomic E-state index is 12.9. The number of hydrogen-bond acceptors (Lipinski definition) is 6. The van der Waals surface area contributed by atoms with Crippen LogP contribution in [0.25, 0.3) is 6.08 Å². The zero-order chi connectivity index (χ0) is 24.3. The van der Waals surface area contributed by atoms with Crippen molar-refractivity contribution < 1.29 is 37.1 Å². The SMILES string of the molecule is COC(=O)c1cc(NC(=O)CN2C(=O)S/C(=C/c3cccc(C(F)(F)F)c3)C2=O)ccc1Cl. The molecule has 1 aliphatic rings. The molecular formula is C21H14ClF3N2O5S. The Morgan fingerprint density at radius 2 is 1.91 bits per heavy atom. The number of amides is 3. The second kappa shape index (κ2) is 9.67. The molecule has 1 fully saturated rings. The van der Waals surface area contributed by atoms with Gasteiger partial charge >= 0.3 is 12.1 Å². The van der Waals surface area contributed by atoms with E-state index in [1.54, 1.807) is 0 Å². The monoisotopic (exact) mass is 498 g/mol. The van der Waals surface area contributed by atoms with Gasteiger partial charge in [-0.15, -0.1) is 0 Å². The molecule has 0 radical (unpaired) electrons. The molecule has 2 aromatic carbocycles. The van der Waals surface area contributed by atoms with E-state index in [9.17, 15) is 32.3 Å². The highest BCUT2D eigenvalue weighted by molar-refractivity contribution is 8.18. The Bertz CT molecular complexity index is 1180. The van der Waals surface area contributed by atoms with Crippen LogP contribution in [0.3, 0.4) is 0 Å². The summed E-state index contributed by atoms with van der Waals surface area (Å²) in [5, 5.41) is 1.79. The van der Waals surface area contributed by atoms with Crippen LogP contribution in [0.15, 0.2) is 47.4 Å². The summed E-state index contributed by atoms with van der Waals surface area (Å²) in [6, 6.07) is 8.31. The molecule has 172 valence electrons. The Kier molecular flexibility index (Phi) is 7.13. The second-order valence-electron chi connectivity index (χ2n) is 6.63. The van der Waals surface area contributed by atoms with E-state index in [-0.39, 0.29) is 26.7 Å². The summed E-state index contributed by atoms with van der Waals surface area (Å²) in [7, 11) is 1.16. The summed E-state index contributed by atoms with van der Waals surface area (Å²) in [6.45, 7) is -0.638. The van der Waals surface area contributed by atoms with E-state index >= 15 is 0 Å². The first-order valence-corrected chi connectivity index (χ1v) is 10.3. The number of methoxy groups -OCH3 is 1. The minimum atomic E-state index is -4.56. The summed E-state index contributed by atoms with van der Waals surface area (Å²) in [6.07, 6.45) is -3.41. The van der Waals surface area contributed by atoms with Gasteiger partial charge in [-0.25, -0.2) is 4.79 Å². The second-order valence-corrected chi connectivity index (χ2v) is 8.03. The molecule has 7 nitrogen and oxygen atoms in total. The molecule has 12 heteroatoms. The van der Waals surface area contributed by atoms with Crippen LogP contribution in [-0.2, 0) is 20.5 Å². The molecule has 2 aromatic rings. The minimum Gasteiger partial charge on any atom is -0.465 e. The fraction of sp³-hybridized carbons (Fsp3) is 0.143. The van der Waals surface area contributed by atoms with Gasteiger partial charge in [0.05, 0.1) is 28.2 Å². The lowest BCUT2D eigenvalue weighted by Crippen LogP contribution is -2.36. The Hall–Kier alpha value is -3.31. The van der Waals surface area contributed by atoms with Crippen molar-refractivity contribution in [2.45, 2.75) is 6.18 Å². The minimum absolute atomic E-state index is 0.00662. The molecule has 0 unspecified atom stereocenters. The highest BCUT2D eigenvalue weighted by atomic mass is 35.5. The van der Waals surface area contributed by atoms with Crippen molar-refractivity contribution >= 4 is 58.1 Å². The van der Waals surface area contributed by atoms with Crippen molar-refractivity contribution in [2.75, 3.05) is 19.0 Å². The van der Waals surface area contributed by atoms with Gasteiger partial charge in [-0.1, -0.05) is 23.7 Å². The number of esters is 1. The van der Waals surface area contributed by atoms with Crippen molar-refractivity contribution in [3.05, 3.63) is 69.1 Å². The Labute approximate surface area is 194 Å². The lowest BCUT2D eigenvalue weighted by Gasteiger charge is -2.13. The summed E-state index contributed by atoms with van der Waals surface area (Å²) < 4.78 is 43.2. The molecule has 1 heterocycles. The van der Waals surface area contributed by atoms with Gasteiger partial charge in [0.15, 0.2) is 0 Å². The number of hydrogen-bond donors (Lipinski definition) is 1. The van der Waals surface area contributed by atoms with E-state index in [2.05, 4.69) is 10.1 Å². The normalized spacial score (nSPS) is 15.2. The van der Waals surface area contributed by atoms with E-state index < -0.39 is 41.3 Å². The van der Waals surface area contributed by atoms with E-state index in [0.29, 0.717) is 16.7 Å². The van der Waals surface area contributed by atoms with Crippen LogP contribution in [0.1, 0.15) is 21.5 Å². The largest absolute Gasteiger partial charge is 0.465 e. The van der Waals surface area contributed by atoms with Crippen LogP contribution in [-0.4, -0.2) is 41.6 Å². The van der Waals surface area contributed by atoms with E-state index in [1.807, 2.05) is 0 Å². The highest BCUT2D eigenvalue weighted by Gasteiger charge is 2.36. The molecule has 3 rings (SSSR count). The topological polar surface area (TPSA) is 92.8 Å². The predicted octanol–water partition coefficient (Wildman–Crippen LogP) is 4.82. The average molecular weight is 499 g/mol. The summed E-state index contributed by atoms with van der Waals surface area (Å²) in [5.74, 6) is -2.28. The zero-order valence-corrected chi connectivity index (χ0v) is 18.3. The van der Waals surface area contributed by atoms with Crippen LogP contribution in [0, 0.1) is 0 Å². The molecule has 3 amide bonds. The fourth-order valence-corrected chi connectivity index (χ4v) is 3.84. The average Bonchev–Trinajstić information content (AvgIpc) is 3.01. The third-order valence-electron chi connectivity index (χ3n) is 4.34. The third kappa shape index (κ3) is 5.74. The van der Waals surface area contributed by atoms with Crippen LogP contribution < -0.4 is 5.32 Å². The first kappa shape index (κ1) is 24.3. The molecule has 0 bridgehead atoms. The van der Waals surface area contributed by atoms with Gasteiger partial charge in [0, 0.05) is 5.69 Å². The van der Waals surface area contributed by atoms with E-state index in [4.69, 9.17) is 11.6 Å². The molecule has 1 N–H and O–H groups in total. The van der Waals surface area contributed by atoms with Crippen LogP contribution in [0.2, 0.25) is 5.02 Å². The number of halogens is 4. The molecule has 0 spiro atoms. The molecule has 0 aliphatic carbocycles. The number of ether oxygens (including phenoxy) is 1. The lowest BCUT2D eigenvalue weighted by molar-refractivity contribution is -0.137. The maximum Gasteiger partial charge on any atom is 0.416 e. The number of nitrogens with zero attached hydrogens (tertiary/aromatic N) is 1. The maximum absolute atomic E-state index is 12.9. The van der Waals surface area contributed by atoms with Crippen molar-refractivity contribution in [3.63, 3.8) is 0 Å². The standard InChI is InChI=1S/C21H14ClF3N2O5S/c1-32-19(30)14-9-13(5-6-15(14)22)26-17(28)10-27-18(29)16(33-20(27)31)8-11-3-2-4-12(7-11)21(23,24)25/h2-9H,10H2,1H3,(H,26,28)/b16-8+. The zero-order valence-electron chi connectivity index (χ0n) is 16.7. The predicted molar refractivity (Wildman–Crippen MR) is 116 cm³/mol. The summed E-state index contributed by atoms with van der Waals surface area (Å²) in [5.41, 5.74) is -0.635. The quantitative estimate of drug-likeness (QED) is 0.469. The molecule has 0 atom stereocenters. The van der Waals surface area contributed by atoms with E-state index in [0.717, 1.165) is 25.3 Å². The van der Waals surface area contributed by atoms with Crippen molar-refractivity contribution in [1.82, 2.24) is 4.90 Å².